The summed E-state index contributed by atoms with van der Waals surface area (Å²) in [6, 6.07) is 14.1. The predicted octanol–water partition coefficient (Wildman–Crippen LogP) is 5.76. The number of amides is 1. The lowest BCUT2D eigenvalue weighted by Crippen LogP contribution is -2.13. The summed E-state index contributed by atoms with van der Waals surface area (Å²) in [5.41, 5.74) is 3.68. The third-order valence-corrected chi connectivity index (χ3v) is 4.91. The topological polar surface area (TPSA) is 68.0 Å². The number of nitrogens with one attached hydrogen (secondary N) is 1. The van der Waals surface area contributed by atoms with E-state index in [0.717, 1.165) is 11.1 Å². The number of fused-ring (bicyclic) bond motifs is 1. The number of oxazole rings is 1. The monoisotopic (exact) mass is 397 g/mol. The fourth-order valence-corrected chi connectivity index (χ4v) is 3.04. The van der Waals surface area contributed by atoms with Gasteiger partial charge in [-0.15, -0.1) is 0 Å². The Bertz CT molecular complexity index is 1140. The van der Waals surface area contributed by atoms with E-state index >= 15 is 0 Å². The van der Waals surface area contributed by atoms with Crippen LogP contribution in [0.3, 0.4) is 0 Å². The maximum atomic E-state index is 12.6. The van der Waals surface area contributed by atoms with Crippen LogP contribution in [0.1, 0.15) is 15.9 Å². The van der Waals surface area contributed by atoms with Gasteiger partial charge >= 0.3 is 0 Å². The molecule has 0 radical (unpaired) electrons. The van der Waals surface area contributed by atoms with Crippen LogP contribution in [0.2, 0.25) is 10.0 Å². The van der Waals surface area contributed by atoms with E-state index in [-0.39, 0.29) is 10.9 Å². The molecule has 0 aliphatic carbocycles. The Morgan fingerprint density at radius 3 is 2.78 bits per heavy atom. The predicted molar refractivity (Wildman–Crippen MR) is 106 cm³/mol. The number of carbonyl (C=O) groups is 1. The molecule has 1 N–H and O–H groups in total. The molecule has 0 bridgehead atoms. The van der Waals surface area contributed by atoms with Crippen molar-refractivity contribution in [3.63, 3.8) is 0 Å². The molecule has 0 aliphatic rings. The minimum absolute atomic E-state index is 0.218. The molecule has 0 fully saturated rings. The zero-order valence-electron chi connectivity index (χ0n) is 14.2. The number of pyridine rings is 1. The number of halogens is 2. The number of aryl methyl sites for hydroxylation is 1. The van der Waals surface area contributed by atoms with Crippen LogP contribution >= 0.6 is 23.2 Å². The summed E-state index contributed by atoms with van der Waals surface area (Å²) < 4.78 is 5.70. The van der Waals surface area contributed by atoms with Gasteiger partial charge in [0.1, 0.15) is 5.52 Å². The number of nitrogens with zero attached hydrogens (tertiary/aromatic N) is 2. The number of hydrogen-bond donors (Lipinski definition) is 1. The molecule has 2 heterocycles. The van der Waals surface area contributed by atoms with E-state index in [0.29, 0.717) is 33.4 Å². The Morgan fingerprint density at radius 1 is 1.11 bits per heavy atom. The molecule has 0 saturated carbocycles. The summed E-state index contributed by atoms with van der Waals surface area (Å²) in [5.74, 6) is 0.0852. The number of benzene rings is 2. The molecule has 0 aliphatic heterocycles. The van der Waals surface area contributed by atoms with Crippen molar-refractivity contribution in [3.8, 4) is 11.5 Å². The zero-order chi connectivity index (χ0) is 19.0. The Hall–Kier alpha value is -2.89. The highest BCUT2D eigenvalue weighted by Crippen LogP contribution is 2.29. The number of rotatable bonds is 3. The van der Waals surface area contributed by atoms with Crippen LogP contribution in [-0.4, -0.2) is 15.9 Å². The third kappa shape index (κ3) is 3.39. The van der Waals surface area contributed by atoms with E-state index in [4.69, 9.17) is 27.6 Å². The lowest BCUT2D eigenvalue weighted by atomic mass is 10.1. The summed E-state index contributed by atoms with van der Waals surface area (Å²) in [4.78, 5) is 21.2. The fraction of sp³-hybridized carbons (Fsp3) is 0.0500. The molecule has 5 nitrogen and oxygen atoms in total. The number of aromatic nitrogens is 2. The van der Waals surface area contributed by atoms with Crippen molar-refractivity contribution in [2.75, 3.05) is 5.32 Å². The molecule has 0 saturated heterocycles. The Kier molecular flexibility index (Phi) is 4.56. The van der Waals surface area contributed by atoms with Crippen LogP contribution in [0, 0.1) is 6.92 Å². The quantitative estimate of drug-likeness (QED) is 0.477. The molecule has 2 aromatic carbocycles. The SMILES string of the molecule is Cc1ccc(-c2nc3cccnc3o2)cc1NC(=O)c1cccc(Cl)c1Cl. The minimum Gasteiger partial charge on any atom is -0.418 e. The first-order chi connectivity index (χ1) is 13.0. The normalized spacial score (nSPS) is 10.9. The summed E-state index contributed by atoms with van der Waals surface area (Å²) in [6.45, 7) is 1.90. The Morgan fingerprint density at radius 2 is 1.96 bits per heavy atom. The maximum Gasteiger partial charge on any atom is 0.257 e. The van der Waals surface area contributed by atoms with Crippen LogP contribution in [0.5, 0.6) is 0 Å². The van der Waals surface area contributed by atoms with Gasteiger partial charge in [-0.25, -0.2) is 9.97 Å². The van der Waals surface area contributed by atoms with Crippen LogP contribution in [-0.2, 0) is 0 Å². The Balaban J connectivity index is 1.68. The van der Waals surface area contributed by atoms with E-state index in [1.807, 2.05) is 25.1 Å². The van der Waals surface area contributed by atoms with Gasteiger partial charge in [0.15, 0.2) is 0 Å². The van der Waals surface area contributed by atoms with Gasteiger partial charge in [0.25, 0.3) is 5.91 Å². The molecule has 0 spiro atoms. The molecule has 7 heteroatoms. The molecule has 0 atom stereocenters. The molecule has 4 aromatic rings. The Labute approximate surface area is 165 Å². The van der Waals surface area contributed by atoms with Crippen molar-refractivity contribution in [1.29, 1.82) is 0 Å². The van der Waals surface area contributed by atoms with Gasteiger partial charge < -0.3 is 9.73 Å². The van der Waals surface area contributed by atoms with E-state index in [1.165, 1.54) is 0 Å². The number of hydrogen-bond acceptors (Lipinski definition) is 4. The fourth-order valence-electron chi connectivity index (χ4n) is 2.65. The second-order valence-corrected chi connectivity index (χ2v) is 6.72. The molecule has 4 rings (SSSR count). The second kappa shape index (κ2) is 7.02. The lowest BCUT2D eigenvalue weighted by molar-refractivity contribution is 0.102. The van der Waals surface area contributed by atoms with Crippen molar-refractivity contribution in [1.82, 2.24) is 9.97 Å². The van der Waals surface area contributed by atoms with Gasteiger partial charge in [-0.2, -0.15) is 0 Å². The molecule has 0 unspecified atom stereocenters. The summed E-state index contributed by atoms with van der Waals surface area (Å²) in [7, 11) is 0. The highest BCUT2D eigenvalue weighted by Gasteiger charge is 2.15. The van der Waals surface area contributed by atoms with Crippen molar-refractivity contribution in [2.24, 2.45) is 0 Å². The van der Waals surface area contributed by atoms with E-state index in [1.54, 1.807) is 36.5 Å². The minimum atomic E-state index is -0.345. The molecular weight excluding hydrogens is 385 g/mol. The molecule has 27 heavy (non-hydrogen) atoms. The molecular formula is C20H13Cl2N3O2. The first-order valence-corrected chi connectivity index (χ1v) is 8.86. The standard InChI is InChI=1S/C20H13Cl2N3O2/c1-11-7-8-12(19-25-15-6-3-9-23-20(15)27-19)10-16(11)24-18(26)13-4-2-5-14(21)17(13)22/h2-10H,1H3,(H,24,26). The van der Waals surface area contributed by atoms with Gasteiger partial charge in [-0.3, -0.25) is 4.79 Å². The molecule has 134 valence electrons. The average molecular weight is 398 g/mol. The largest absolute Gasteiger partial charge is 0.418 e. The van der Waals surface area contributed by atoms with E-state index in [2.05, 4.69) is 15.3 Å². The third-order valence-electron chi connectivity index (χ3n) is 4.10. The van der Waals surface area contributed by atoms with Crippen LogP contribution in [0.4, 0.5) is 5.69 Å². The zero-order valence-corrected chi connectivity index (χ0v) is 15.7. The first kappa shape index (κ1) is 17.5. The highest BCUT2D eigenvalue weighted by atomic mass is 35.5. The maximum absolute atomic E-state index is 12.6. The van der Waals surface area contributed by atoms with Crippen LogP contribution in [0.15, 0.2) is 59.1 Å². The van der Waals surface area contributed by atoms with Crippen LogP contribution < -0.4 is 5.32 Å². The smallest absolute Gasteiger partial charge is 0.257 e. The lowest BCUT2D eigenvalue weighted by Gasteiger charge is -2.11. The van der Waals surface area contributed by atoms with E-state index < -0.39 is 0 Å². The van der Waals surface area contributed by atoms with Gasteiger partial charge in [-0.05, 0) is 48.9 Å². The van der Waals surface area contributed by atoms with Crippen molar-refractivity contribution < 1.29 is 9.21 Å². The van der Waals surface area contributed by atoms with Crippen molar-refractivity contribution in [2.45, 2.75) is 6.92 Å². The number of anilines is 1. The number of carbonyl (C=O) groups excluding carboxylic acids is 1. The van der Waals surface area contributed by atoms with Gasteiger partial charge in [0.2, 0.25) is 11.6 Å². The second-order valence-electron chi connectivity index (χ2n) is 5.93. The van der Waals surface area contributed by atoms with E-state index in [9.17, 15) is 4.79 Å². The van der Waals surface area contributed by atoms with Gasteiger partial charge in [-0.1, -0.05) is 35.3 Å². The van der Waals surface area contributed by atoms with Gasteiger partial charge in [0.05, 0.1) is 15.6 Å². The summed E-state index contributed by atoms with van der Waals surface area (Å²) >= 11 is 12.1. The average Bonchev–Trinajstić information content (AvgIpc) is 3.10. The summed E-state index contributed by atoms with van der Waals surface area (Å²) in [6.07, 6.45) is 1.65. The highest BCUT2D eigenvalue weighted by molar-refractivity contribution is 6.44. The van der Waals surface area contributed by atoms with Crippen molar-refractivity contribution >= 4 is 46.0 Å². The summed E-state index contributed by atoms with van der Waals surface area (Å²) in [5, 5.41) is 3.42. The molecule has 1 amide bonds. The van der Waals surface area contributed by atoms with Crippen LogP contribution in [0.25, 0.3) is 22.7 Å². The first-order valence-electron chi connectivity index (χ1n) is 8.11. The van der Waals surface area contributed by atoms with Gasteiger partial charge in [0, 0.05) is 17.4 Å². The van der Waals surface area contributed by atoms with Crippen molar-refractivity contribution in [3.05, 3.63) is 75.9 Å². The molecule has 2 aromatic heterocycles.